The number of carbonyl (C=O) groups is 1. The van der Waals surface area contributed by atoms with Gasteiger partial charge in [0.05, 0.1) is 17.0 Å². The van der Waals surface area contributed by atoms with Crippen molar-refractivity contribution in [2.45, 2.75) is 13.3 Å². The van der Waals surface area contributed by atoms with Gasteiger partial charge in [-0.3, -0.25) is 4.79 Å². The number of aromatic nitrogens is 2. The summed E-state index contributed by atoms with van der Waals surface area (Å²) >= 11 is 0. The monoisotopic (exact) mass is 259 g/mol. The van der Waals surface area contributed by atoms with Crippen LogP contribution in [-0.2, 0) is 4.79 Å². The smallest absolute Gasteiger partial charge is 0.306 e. The molecule has 0 saturated heterocycles. The fourth-order valence-corrected chi connectivity index (χ4v) is 2.57. The minimum atomic E-state index is -0.668. The zero-order chi connectivity index (χ0) is 13.6. The van der Waals surface area contributed by atoms with Crippen molar-refractivity contribution in [3.8, 4) is 0 Å². The molecule has 1 aliphatic carbocycles. The number of hydrogen-bond acceptors (Lipinski definition) is 3. The van der Waals surface area contributed by atoms with E-state index in [-0.39, 0.29) is 11.8 Å². The van der Waals surface area contributed by atoms with Crippen LogP contribution in [-0.4, -0.2) is 34.6 Å². The molecule has 5 nitrogen and oxygen atoms in total. The van der Waals surface area contributed by atoms with Crippen molar-refractivity contribution >= 4 is 22.7 Å². The molecule has 1 saturated carbocycles. The second-order valence-electron chi connectivity index (χ2n) is 5.34. The number of anilines is 1. The maximum absolute atomic E-state index is 10.8. The molecule has 2 aromatic rings. The third-order valence-corrected chi connectivity index (χ3v) is 3.77. The standard InChI is InChI=1S/C14H17N3O2/c1-8-15-12-4-3-10(6-13(12)16-8)17(2)7-9-5-11(9)14(18)19/h3-4,6,9,11H,5,7H2,1-2H3,(H,15,16)(H,18,19). The van der Waals surface area contributed by atoms with Crippen LogP contribution in [0.3, 0.4) is 0 Å². The molecule has 2 atom stereocenters. The summed E-state index contributed by atoms with van der Waals surface area (Å²) in [7, 11) is 2.00. The number of hydrogen-bond donors (Lipinski definition) is 2. The average molecular weight is 259 g/mol. The number of rotatable bonds is 4. The van der Waals surface area contributed by atoms with Crippen LogP contribution in [0.25, 0.3) is 11.0 Å². The number of benzene rings is 1. The van der Waals surface area contributed by atoms with Gasteiger partial charge in [0.25, 0.3) is 0 Å². The predicted octanol–water partition coefficient (Wildman–Crippen LogP) is 2.03. The molecule has 0 spiro atoms. The molecule has 3 rings (SSSR count). The van der Waals surface area contributed by atoms with E-state index in [0.717, 1.165) is 35.5 Å². The summed E-state index contributed by atoms with van der Waals surface area (Å²) in [5.74, 6) is 0.364. The molecule has 1 heterocycles. The Hall–Kier alpha value is -2.04. The summed E-state index contributed by atoms with van der Waals surface area (Å²) in [5, 5.41) is 8.92. The highest BCUT2D eigenvalue weighted by atomic mass is 16.4. The van der Waals surface area contributed by atoms with Crippen LogP contribution < -0.4 is 4.90 Å². The van der Waals surface area contributed by atoms with E-state index in [1.54, 1.807) is 0 Å². The zero-order valence-electron chi connectivity index (χ0n) is 11.1. The first kappa shape index (κ1) is 12.0. The van der Waals surface area contributed by atoms with Gasteiger partial charge < -0.3 is 15.0 Å². The van der Waals surface area contributed by atoms with Gasteiger partial charge in [0.15, 0.2) is 0 Å². The highest BCUT2D eigenvalue weighted by molar-refractivity contribution is 5.79. The molecular weight excluding hydrogens is 242 g/mol. The van der Waals surface area contributed by atoms with Gasteiger partial charge in [-0.1, -0.05) is 0 Å². The minimum absolute atomic E-state index is 0.152. The summed E-state index contributed by atoms with van der Waals surface area (Å²) in [6.45, 7) is 2.72. The topological polar surface area (TPSA) is 69.2 Å². The molecule has 100 valence electrons. The van der Waals surface area contributed by atoms with Gasteiger partial charge in [-0.05, 0) is 37.5 Å². The van der Waals surface area contributed by atoms with E-state index >= 15 is 0 Å². The molecule has 0 amide bonds. The number of nitrogens with one attached hydrogen (secondary N) is 1. The molecular formula is C14H17N3O2. The predicted molar refractivity (Wildman–Crippen MR) is 73.3 cm³/mol. The van der Waals surface area contributed by atoms with E-state index in [9.17, 15) is 4.79 Å². The Morgan fingerprint density at radius 3 is 3.05 bits per heavy atom. The third kappa shape index (κ3) is 2.28. The number of aryl methyl sites for hydroxylation is 1. The third-order valence-electron chi connectivity index (χ3n) is 3.77. The van der Waals surface area contributed by atoms with Crippen molar-refractivity contribution in [1.29, 1.82) is 0 Å². The Balaban J connectivity index is 1.74. The molecule has 1 fully saturated rings. The summed E-state index contributed by atoms with van der Waals surface area (Å²) in [5.41, 5.74) is 3.07. The fraction of sp³-hybridized carbons (Fsp3) is 0.429. The lowest BCUT2D eigenvalue weighted by Crippen LogP contribution is -2.21. The number of aliphatic carboxylic acids is 1. The molecule has 1 aromatic carbocycles. The number of carboxylic acids is 1. The van der Waals surface area contributed by atoms with Gasteiger partial charge in [0.1, 0.15) is 5.82 Å². The number of imidazole rings is 1. The van der Waals surface area contributed by atoms with Crippen LogP contribution in [0.5, 0.6) is 0 Å². The number of carboxylic acid groups (broad SMARTS) is 1. The highest BCUT2D eigenvalue weighted by Crippen LogP contribution is 2.39. The second-order valence-corrected chi connectivity index (χ2v) is 5.34. The van der Waals surface area contributed by atoms with Crippen molar-refractivity contribution in [2.24, 2.45) is 11.8 Å². The van der Waals surface area contributed by atoms with Crippen LogP contribution in [0.4, 0.5) is 5.69 Å². The normalized spacial score (nSPS) is 21.6. The van der Waals surface area contributed by atoms with Gasteiger partial charge in [0.2, 0.25) is 0 Å². The van der Waals surface area contributed by atoms with Gasteiger partial charge in [-0.2, -0.15) is 0 Å². The van der Waals surface area contributed by atoms with E-state index < -0.39 is 5.97 Å². The molecule has 0 radical (unpaired) electrons. The first-order valence-corrected chi connectivity index (χ1v) is 6.45. The molecule has 19 heavy (non-hydrogen) atoms. The first-order valence-electron chi connectivity index (χ1n) is 6.45. The minimum Gasteiger partial charge on any atom is -0.481 e. The van der Waals surface area contributed by atoms with Crippen LogP contribution >= 0.6 is 0 Å². The Labute approximate surface area is 111 Å². The maximum atomic E-state index is 10.8. The number of fused-ring (bicyclic) bond motifs is 1. The number of aromatic amines is 1. The molecule has 5 heteroatoms. The van der Waals surface area contributed by atoms with Crippen molar-refractivity contribution in [3.05, 3.63) is 24.0 Å². The lowest BCUT2D eigenvalue weighted by Gasteiger charge is -2.19. The largest absolute Gasteiger partial charge is 0.481 e. The van der Waals surface area contributed by atoms with Gasteiger partial charge in [0, 0.05) is 19.3 Å². The van der Waals surface area contributed by atoms with E-state index in [2.05, 4.69) is 20.9 Å². The summed E-state index contributed by atoms with van der Waals surface area (Å²) in [6.07, 6.45) is 0.797. The van der Waals surface area contributed by atoms with Crippen molar-refractivity contribution < 1.29 is 9.90 Å². The summed E-state index contributed by atoms with van der Waals surface area (Å²) in [6, 6.07) is 6.08. The molecule has 1 aromatic heterocycles. The number of H-pyrrole nitrogens is 1. The molecule has 2 N–H and O–H groups in total. The van der Waals surface area contributed by atoms with Crippen molar-refractivity contribution in [2.75, 3.05) is 18.5 Å². The highest BCUT2D eigenvalue weighted by Gasteiger charge is 2.43. The Morgan fingerprint density at radius 1 is 1.58 bits per heavy atom. The first-order chi connectivity index (χ1) is 9.04. The summed E-state index contributed by atoms with van der Waals surface area (Å²) < 4.78 is 0. The number of nitrogens with zero attached hydrogens (tertiary/aromatic N) is 2. The Kier molecular flexibility index (Phi) is 2.69. The lowest BCUT2D eigenvalue weighted by atomic mass is 10.2. The van der Waals surface area contributed by atoms with Crippen molar-refractivity contribution in [1.82, 2.24) is 9.97 Å². The van der Waals surface area contributed by atoms with E-state index in [1.807, 2.05) is 26.1 Å². The zero-order valence-corrected chi connectivity index (χ0v) is 11.1. The van der Waals surface area contributed by atoms with Crippen LogP contribution in [0.15, 0.2) is 18.2 Å². The SMILES string of the molecule is Cc1nc2ccc(N(C)CC3CC3C(=O)O)cc2[nH]1. The van der Waals surface area contributed by atoms with E-state index in [0.29, 0.717) is 0 Å². The van der Waals surface area contributed by atoms with Crippen LogP contribution in [0, 0.1) is 18.8 Å². The van der Waals surface area contributed by atoms with E-state index in [4.69, 9.17) is 5.11 Å². The van der Waals surface area contributed by atoms with Gasteiger partial charge in [-0.15, -0.1) is 0 Å². The Bertz CT molecular complexity index is 635. The quantitative estimate of drug-likeness (QED) is 0.881. The van der Waals surface area contributed by atoms with E-state index in [1.165, 1.54) is 0 Å². The Morgan fingerprint density at radius 2 is 2.37 bits per heavy atom. The fourth-order valence-electron chi connectivity index (χ4n) is 2.57. The van der Waals surface area contributed by atoms with Gasteiger partial charge in [-0.25, -0.2) is 4.98 Å². The lowest BCUT2D eigenvalue weighted by molar-refractivity contribution is -0.138. The molecule has 2 unspecified atom stereocenters. The molecule has 0 bridgehead atoms. The summed E-state index contributed by atoms with van der Waals surface area (Å²) in [4.78, 5) is 20.5. The molecule has 1 aliphatic rings. The second kappa shape index (κ2) is 4.26. The average Bonchev–Trinajstić information content (AvgIpc) is 3.01. The van der Waals surface area contributed by atoms with Crippen LogP contribution in [0.2, 0.25) is 0 Å². The van der Waals surface area contributed by atoms with Gasteiger partial charge >= 0.3 is 5.97 Å². The van der Waals surface area contributed by atoms with Crippen LogP contribution in [0.1, 0.15) is 12.2 Å². The van der Waals surface area contributed by atoms with Crippen molar-refractivity contribution in [3.63, 3.8) is 0 Å². The molecule has 0 aliphatic heterocycles. The maximum Gasteiger partial charge on any atom is 0.306 e.